The molecule has 5 heteroatoms. The van der Waals surface area contributed by atoms with E-state index in [9.17, 15) is 0 Å². The van der Waals surface area contributed by atoms with Crippen LogP contribution in [0, 0.1) is 6.92 Å². The van der Waals surface area contributed by atoms with Crippen molar-refractivity contribution in [3.8, 4) is 0 Å². The van der Waals surface area contributed by atoms with Gasteiger partial charge in [-0.15, -0.1) is 0 Å². The number of para-hydroxylation sites is 1. The summed E-state index contributed by atoms with van der Waals surface area (Å²) in [6.07, 6.45) is 1.90. The maximum atomic E-state index is 6.22. The molecule has 0 unspecified atom stereocenters. The Morgan fingerprint density at radius 2 is 2.16 bits per heavy atom. The van der Waals surface area contributed by atoms with Crippen LogP contribution in [0.5, 0.6) is 0 Å². The SMILES string of the molecule is CCCc1nn(C)c(Nc2c(C)cccc2Cl)c1N. The number of nitrogen functional groups attached to an aromatic ring is 1. The summed E-state index contributed by atoms with van der Waals surface area (Å²) < 4.78 is 1.77. The zero-order valence-corrected chi connectivity index (χ0v) is 12.3. The molecule has 4 nitrogen and oxygen atoms in total. The van der Waals surface area contributed by atoms with E-state index in [4.69, 9.17) is 17.3 Å². The molecule has 2 aromatic rings. The lowest BCUT2D eigenvalue weighted by Gasteiger charge is -2.12. The van der Waals surface area contributed by atoms with E-state index in [2.05, 4.69) is 17.3 Å². The van der Waals surface area contributed by atoms with Gasteiger partial charge in [-0.1, -0.05) is 37.1 Å². The molecule has 0 amide bonds. The van der Waals surface area contributed by atoms with Crippen LogP contribution in [-0.2, 0) is 13.5 Å². The van der Waals surface area contributed by atoms with Crippen LogP contribution in [0.3, 0.4) is 0 Å². The summed E-state index contributed by atoms with van der Waals surface area (Å²) in [7, 11) is 1.88. The summed E-state index contributed by atoms with van der Waals surface area (Å²) >= 11 is 6.22. The second kappa shape index (κ2) is 5.53. The quantitative estimate of drug-likeness (QED) is 0.897. The molecule has 102 valence electrons. The molecule has 0 atom stereocenters. The van der Waals surface area contributed by atoms with E-state index in [0.29, 0.717) is 10.7 Å². The first kappa shape index (κ1) is 13.7. The first-order valence-corrected chi connectivity index (χ1v) is 6.75. The molecule has 0 fully saturated rings. The largest absolute Gasteiger partial charge is 0.394 e. The van der Waals surface area contributed by atoms with Crippen molar-refractivity contribution in [1.29, 1.82) is 0 Å². The lowest BCUT2D eigenvalue weighted by molar-refractivity contribution is 0.740. The minimum atomic E-state index is 0.678. The van der Waals surface area contributed by atoms with E-state index in [1.807, 2.05) is 32.2 Å². The highest BCUT2D eigenvalue weighted by Gasteiger charge is 2.14. The molecule has 1 aromatic carbocycles. The van der Waals surface area contributed by atoms with E-state index >= 15 is 0 Å². The first-order valence-electron chi connectivity index (χ1n) is 6.38. The maximum Gasteiger partial charge on any atom is 0.152 e. The number of nitrogens with one attached hydrogen (secondary N) is 1. The number of aromatic nitrogens is 2. The number of benzene rings is 1. The number of rotatable bonds is 4. The molecule has 3 N–H and O–H groups in total. The average molecular weight is 279 g/mol. The molecule has 0 saturated carbocycles. The van der Waals surface area contributed by atoms with Crippen molar-refractivity contribution in [3.63, 3.8) is 0 Å². The second-order valence-electron chi connectivity index (χ2n) is 4.64. The average Bonchev–Trinajstić information content (AvgIpc) is 2.61. The molecular weight excluding hydrogens is 260 g/mol. The molecule has 0 bridgehead atoms. The Morgan fingerprint density at radius 1 is 1.42 bits per heavy atom. The molecule has 0 aliphatic carbocycles. The normalized spacial score (nSPS) is 10.7. The van der Waals surface area contributed by atoms with Crippen LogP contribution in [0.1, 0.15) is 24.6 Å². The third-order valence-electron chi connectivity index (χ3n) is 3.11. The Balaban J connectivity index is 2.38. The number of nitrogens with two attached hydrogens (primary N) is 1. The molecule has 1 heterocycles. The predicted octanol–water partition coefficient (Wildman–Crippen LogP) is 3.66. The van der Waals surface area contributed by atoms with Gasteiger partial charge in [0.25, 0.3) is 0 Å². The Hall–Kier alpha value is -1.68. The number of anilines is 3. The third-order valence-corrected chi connectivity index (χ3v) is 3.43. The van der Waals surface area contributed by atoms with E-state index in [1.165, 1.54) is 0 Å². The van der Waals surface area contributed by atoms with Crippen LogP contribution < -0.4 is 11.1 Å². The number of aryl methyl sites for hydroxylation is 3. The molecule has 0 spiro atoms. The van der Waals surface area contributed by atoms with Crippen LogP contribution >= 0.6 is 11.6 Å². The van der Waals surface area contributed by atoms with Crippen LogP contribution in [0.25, 0.3) is 0 Å². The highest BCUT2D eigenvalue weighted by molar-refractivity contribution is 6.33. The number of nitrogens with zero attached hydrogens (tertiary/aromatic N) is 2. The summed E-state index contributed by atoms with van der Waals surface area (Å²) in [5, 5.41) is 8.42. The number of hydrogen-bond acceptors (Lipinski definition) is 3. The molecule has 0 radical (unpaired) electrons. The van der Waals surface area contributed by atoms with Crippen LogP contribution in [0.4, 0.5) is 17.2 Å². The van der Waals surface area contributed by atoms with E-state index < -0.39 is 0 Å². The smallest absolute Gasteiger partial charge is 0.152 e. The van der Waals surface area contributed by atoms with Crippen molar-refractivity contribution in [2.45, 2.75) is 26.7 Å². The van der Waals surface area contributed by atoms with Gasteiger partial charge in [-0.25, -0.2) is 0 Å². The number of hydrogen-bond donors (Lipinski definition) is 2. The fourth-order valence-electron chi connectivity index (χ4n) is 2.07. The van der Waals surface area contributed by atoms with Gasteiger partial charge >= 0.3 is 0 Å². The van der Waals surface area contributed by atoms with E-state index in [-0.39, 0.29) is 0 Å². The molecule has 2 rings (SSSR count). The monoisotopic (exact) mass is 278 g/mol. The highest BCUT2D eigenvalue weighted by atomic mass is 35.5. The summed E-state index contributed by atoms with van der Waals surface area (Å²) in [6, 6.07) is 5.79. The topological polar surface area (TPSA) is 55.9 Å². The molecule has 19 heavy (non-hydrogen) atoms. The van der Waals surface area contributed by atoms with E-state index in [1.54, 1.807) is 4.68 Å². The minimum Gasteiger partial charge on any atom is -0.394 e. The molecule has 1 aromatic heterocycles. The van der Waals surface area contributed by atoms with Crippen LogP contribution in [0.15, 0.2) is 18.2 Å². The van der Waals surface area contributed by atoms with Crippen molar-refractivity contribution in [3.05, 3.63) is 34.5 Å². The van der Waals surface area contributed by atoms with Crippen molar-refractivity contribution in [2.75, 3.05) is 11.1 Å². The Morgan fingerprint density at radius 3 is 2.79 bits per heavy atom. The Bertz CT molecular complexity index is 569. The number of halogens is 1. The molecular formula is C14H19ClN4. The minimum absolute atomic E-state index is 0.678. The summed E-state index contributed by atoms with van der Waals surface area (Å²) in [5.41, 5.74) is 9.73. The lowest BCUT2D eigenvalue weighted by atomic mass is 10.2. The summed E-state index contributed by atoms with van der Waals surface area (Å²) in [5.74, 6) is 0.791. The van der Waals surface area contributed by atoms with Crippen molar-refractivity contribution >= 4 is 28.8 Å². The fraction of sp³-hybridized carbons (Fsp3) is 0.357. The Labute approximate surface area is 118 Å². The standard InChI is InChI=1S/C14H19ClN4/c1-4-6-11-12(16)14(19(3)18-11)17-13-9(2)7-5-8-10(13)15/h5,7-8,17H,4,6,16H2,1-3H3. The zero-order valence-electron chi connectivity index (χ0n) is 11.5. The van der Waals surface area contributed by atoms with Gasteiger partial charge < -0.3 is 11.1 Å². The van der Waals surface area contributed by atoms with Crippen LogP contribution in [0.2, 0.25) is 5.02 Å². The molecule has 0 aliphatic rings. The first-order chi connectivity index (χ1) is 9.04. The zero-order chi connectivity index (χ0) is 14.0. The second-order valence-corrected chi connectivity index (χ2v) is 5.05. The van der Waals surface area contributed by atoms with Gasteiger partial charge in [-0.2, -0.15) is 5.10 Å². The van der Waals surface area contributed by atoms with Gasteiger partial charge in [-0.05, 0) is 25.0 Å². The van der Waals surface area contributed by atoms with Gasteiger partial charge in [0, 0.05) is 7.05 Å². The van der Waals surface area contributed by atoms with Gasteiger partial charge in [0.2, 0.25) is 0 Å². The van der Waals surface area contributed by atoms with Gasteiger partial charge in [0.15, 0.2) is 5.82 Å². The van der Waals surface area contributed by atoms with Gasteiger partial charge in [0.05, 0.1) is 22.1 Å². The third kappa shape index (κ3) is 2.68. The predicted molar refractivity (Wildman–Crippen MR) is 81.1 cm³/mol. The highest BCUT2D eigenvalue weighted by Crippen LogP contribution is 2.32. The molecule has 0 aliphatic heterocycles. The van der Waals surface area contributed by atoms with Crippen molar-refractivity contribution in [2.24, 2.45) is 7.05 Å². The Kier molecular flexibility index (Phi) is 4.00. The summed E-state index contributed by atoms with van der Waals surface area (Å²) in [4.78, 5) is 0. The van der Waals surface area contributed by atoms with Crippen LogP contribution in [-0.4, -0.2) is 9.78 Å². The van der Waals surface area contributed by atoms with E-state index in [0.717, 1.165) is 35.6 Å². The molecule has 0 saturated heterocycles. The maximum absolute atomic E-state index is 6.22. The van der Waals surface area contributed by atoms with Crippen molar-refractivity contribution < 1.29 is 0 Å². The van der Waals surface area contributed by atoms with Gasteiger partial charge in [0.1, 0.15) is 0 Å². The van der Waals surface area contributed by atoms with Gasteiger partial charge in [-0.3, -0.25) is 4.68 Å². The fourth-order valence-corrected chi connectivity index (χ4v) is 2.34. The summed E-state index contributed by atoms with van der Waals surface area (Å²) in [6.45, 7) is 4.12. The lowest BCUT2D eigenvalue weighted by Crippen LogP contribution is -2.03. The van der Waals surface area contributed by atoms with Crippen molar-refractivity contribution in [1.82, 2.24) is 9.78 Å².